The number of ether oxygens (including phenoxy) is 2. The van der Waals surface area contributed by atoms with Gasteiger partial charge in [0.05, 0.1) is 12.4 Å². The second-order valence-electron chi connectivity index (χ2n) is 6.64. The first kappa shape index (κ1) is 21.0. The first-order valence-electron chi connectivity index (χ1n) is 9.80. The molecule has 154 valence electrons. The van der Waals surface area contributed by atoms with Crippen molar-refractivity contribution in [3.63, 3.8) is 0 Å². The Kier molecular flexibility index (Phi) is 7.81. The molecule has 2 aromatic carbocycles. The zero-order valence-electron chi connectivity index (χ0n) is 16.6. The Balaban J connectivity index is 1.36. The molecule has 7 heteroatoms. The first-order chi connectivity index (χ1) is 14.1. The van der Waals surface area contributed by atoms with Gasteiger partial charge in [-0.05, 0) is 68.3 Å². The van der Waals surface area contributed by atoms with Gasteiger partial charge in [-0.15, -0.1) is 11.8 Å². The van der Waals surface area contributed by atoms with Gasteiger partial charge < -0.3 is 19.7 Å². The van der Waals surface area contributed by atoms with E-state index in [1.807, 2.05) is 55.5 Å². The van der Waals surface area contributed by atoms with Gasteiger partial charge in [-0.2, -0.15) is 0 Å². The van der Waals surface area contributed by atoms with Gasteiger partial charge in [-0.3, -0.25) is 9.59 Å². The molecule has 1 saturated heterocycles. The molecule has 29 heavy (non-hydrogen) atoms. The number of nitrogens with zero attached hydrogens (tertiary/aromatic N) is 1. The van der Waals surface area contributed by atoms with Crippen molar-refractivity contribution in [1.29, 1.82) is 0 Å². The molecule has 0 radical (unpaired) electrons. The van der Waals surface area contributed by atoms with Crippen LogP contribution < -0.4 is 15.0 Å². The molecule has 1 aliphatic rings. The molecule has 0 saturated carbocycles. The molecule has 6 nitrogen and oxygen atoms in total. The summed E-state index contributed by atoms with van der Waals surface area (Å²) in [6.07, 6.45) is 2.45. The van der Waals surface area contributed by atoms with E-state index in [2.05, 4.69) is 10.2 Å². The molecule has 1 heterocycles. The summed E-state index contributed by atoms with van der Waals surface area (Å²) in [4.78, 5) is 27.2. The van der Waals surface area contributed by atoms with Crippen LogP contribution in [0.4, 0.5) is 11.4 Å². The number of hydrogen-bond acceptors (Lipinski definition) is 6. The van der Waals surface area contributed by atoms with Crippen LogP contribution >= 0.6 is 11.8 Å². The van der Waals surface area contributed by atoms with E-state index in [-0.39, 0.29) is 18.3 Å². The Morgan fingerprint density at radius 1 is 1.03 bits per heavy atom. The average Bonchev–Trinajstić information content (AvgIpc) is 3.27. The number of rotatable bonds is 9. The van der Waals surface area contributed by atoms with E-state index in [1.54, 1.807) is 0 Å². The van der Waals surface area contributed by atoms with E-state index >= 15 is 0 Å². The average molecular weight is 415 g/mol. The Morgan fingerprint density at radius 2 is 1.72 bits per heavy atom. The molecule has 0 aliphatic carbocycles. The molecule has 0 spiro atoms. The number of nitrogens with one attached hydrogen (secondary N) is 1. The van der Waals surface area contributed by atoms with Crippen molar-refractivity contribution in [2.24, 2.45) is 0 Å². The summed E-state index contributed by atoms with van der Waals surface area (Å²) in [6, 6.07) is 15.2. The van der Waals surface area contributed by atoms with Gasteiger partial charge in [0.2, 0.25) is 0 Å². The quantitative estimate of drug-likeness (QED) is 0.495. The third-order valence-corrected chi connectivity index (χ3v) is 5.46. The van der Waals surface area contributed by atoms with Crippen molar-refractivity contribution in [1.82, 2.24) is 0 Å². The van der Waals surface area contributed by atoms with Crippen molar-refractivity contribution in [3.8, 4) is 5.75 Å². The van der Waals surface area contributed by atoms with Crippen LogP contribution in [0.3, 0.4) is 0 Å². The van der Waals surface area contributed by atoms with Gasteiger partial charge in [0.15, 0.2) is 6.61 Å². The van der Waals surface area contributed by atoms with Gasteiger partial charge in [-0.25, -0.2) is 0 Å². The monoisotopic (exact) mass is 414 g/mol. The molecule has 0 bridgehead atoms. The van der Waals surface area contributed by atoms with Gasteiger partial charge in [0, 0.05) is 29.4 Å². The predicted molar refractivity (Wildman–Crippen MR) is 116 cm³/mol. The molecule has 1 fully saturated rings. The Labute approximate surface area is 175 Å². The van der Waals surface area contributed by atoms with Crippen molar-refractivity contribution in [2.75, 3.05) is 42.3 Å². The number of esters is 1. The number of hydrogen-bond donors (Lipinski definition) is 1. The molecular formula is C22H26N2O4S. The van der Waals surface area contributed by atoms with Crippen LogP contribution in [0.15, 0.2) is 53.4 Å². The number of amides is 1. The summed E-state index contributed by atoms with van der Waals surface area (Å²) < 4.78 is 10.4. The fourth-order valence-electron chi connectivity index (χ4n) is 3.06. The van der Waals surface area contributed by atoms with E-state index in [4.69, 9.17) is 9.47 Å². The molecule has 0 aromatic heterocycles. The van der Waals surface area contributed by atoms with E-state index in [0.29, 0.717) is 12.3 Å². The number of anilines is 2. The number of carbonyl (C=O) groups excluding carboxylic acids is 2. The minimum absolute atomic E-state index is 0.145. The van der Waals surface area contributed by atoms with Crippen LogP contribution in [0.25, 0.3) is 0 Å². The molecule has 1 aliphatic heterocycles. The minimum atomic E-state index is -0.427. The van der Waals surface area contributed by atoms with Crippen molar-refractivity contribution in [2.45, 2.75) is 24.7 Å². The number of thioether (sulfide) groups is 1. The molecule has 0 unspecified atom stereocenters. The van der Waals surface area contributed by atoms with Crippen LogP contribution in [0, 0.1) is 0 Å². The summed E-state index contributed by atoms with van der Waals surface area (Å²) in [6.45, 7) is 4.41. The third-order valence-electron chi connectivity index (χ3n) is 4.48. The molecule has 0 atom stereocenters. The van der Waals surface area contributed by atoms with Gasteiger partial charge >= 0.3 is 5.97 Å². The van der Waals surface area contributed by atoms with Crippen molar-refractivity contribution < 1.29 is 19.1 Å². The van der Waals surface area contributed by atoms with Crippen LogP contribution in [-0.2, 0) is 14.3 Å². The second-order valence-corrected chi connectivity index (χ2v) is 7.69. The van der Waals surface area contributed by atoms with Gasteiger partial charge in [-0.1, -0.05) is 0 Å². The van der Waals surface area contributed by atoms with Gasteiger partial charge in [0.1, 0.15) is 5.75 Å². The number of benzene rings is 2. The summed E-state index contributed by atoms with van der Waals surface area (Å²) in [5.41, 5.74) is 1.86. The summed E-state index contributed by atoms with van der Waals surface area (Å²) in [5, 5.41) is 2.75. The first-order valence-corrected chi connectivity index (χ1v) is 10.8. The third kappa shape index (κ3) is 6.71. The summed E-state index contributed by atoms with van der Waals surface area (Å²) >= 11 is 1.36. The normalized spacial score (nSPS) is 13.2. The number of carbonyl (C=O) groups is 2. The van der Waals surface area contributed by atoms with Crippen LogP contribution in [0.2, 0.25) is 0 Å². The highest BCUT2D eigenvalue weighted by atomic mass is 32.2. The highest BCUT2D eigenvalue weighted by Crippen LogP contribution is 2.23. The fourth-order valence-corrected chi connectivity index (χ4v) is 3.75. The van der Waals surface area contributed by atoms with Crippen molar-refractivity contribution in [3.05, 3.63) is 48.5 Å². The lowest BCUT2D eigenvalue weighted by molar-refractivity contribution is -0.144. The Morgan fingerprint density at radius 3 is 2.38 bits per heavy atom. The Hall–Kier alpha value is -2.67. The van der Waals surface area contributed by atoms with Crippen LogP contribution in [0.5, 0.6) is 5.75 Å². The molecular weight excluding hydrogens is 388 g/mol. The zero-order chi connectivity index (χ0) is 20.5. The van der Waals surface area contributed by atoms with Crippen LogP contribution in [-0.4, -0.2) is 43.9 Å². The lowest BCUT2D eigenvalue weighted by Gasteiger charge is -2.17. The van der Waals surface area contributed by atoms with E-state index in [0.717, 1.165) is 23.7 Å². The molecule has 1 amide bonds. The van der Waals surface area contributed by atoms with E-state index in [9.17, 15) is 9.59 Å². The standard InChI is InChI=1S/C22H26N2O4S/c1-2-27-19-9-11-20(12-10-19)29-16-22(26)28-15-21(25)23-17-5-7-18(8-6-17)24-13-3-4-14-24/h5-12H,2-4,13-16H2,1H3,(H,23,25). The minimum Gasteiger partial charge on any atom is -0.494 e. The topological polar surface area (TPSA) is 67.9 Å². The second kappa shape index (κ2) is 10.8. The maximum Gasteiger partial charge on any atom is 0.316 e. The lowest BCUT2D eigenvalue weighted by Crippen LogP contribution is -2.22. The van der Waals surface area contributed by atoms with Crippen LogP contribution in [0.1, 0.15) is 19.8 Å². The van der Waals surface area contributed by atoms with E-state index in [1.165, 1.54) is 30.3 Å². The van der Waals surface area contributed by atoms with Crippen molar-refractivity contribution >= 4 is 35.0 Å². The zero-order valence-corrected chi connectivity index (χ0v) is 17.4. The molecule has 2 aromatic rings. The lowest BCUT2D eigenvalue weighted by atomic mass is 10.2. The van der Waals surface area contributed by atoms with Gasteiger partial charge in [0.25, 0.3) is 5.91 Å². The maximum absolute atomic E-state index is 12.0. The summed E-state index contributed by atoms with van der Waals surface area (Å²) in [7, 11) is 0. The largest absolute Gasteiger partial charge is 0.494 e. The highest BCUT2D eigenvalue weighted by Gasteiger charge is 2.13. The molecule has 1 N–H and O–H groups in total. The fraction of sp³-hybridized carbons (Fsp3) is 0.364. The SMILES string of the molecule is CCOc1ccc(SCC(=O)OCC(=O)Nc2ccc(N3CCCC3)cc2)cc1. The Bertz CT molecular complexity index is 803. The predicted octanol–water partition coefficient (Wildman–Crippen LogP) is 3.96. The maximum atomic E-state index is 12.0. The summed E-state index contributed by atoms with van der Waals surface area (Å²) in [5.74, 6) is 0.164. The smallest absolute Gasteiger partial charge is 0.316 e. The molecule has 3 rings (SSSR count). The highest BCUT2D eigenvalue weighted by molar-refractivity contribution is 8.00. The van der Waals surface area contributed by atoms with E-state index < -0.39 is 5.97 Å².